The summed E-state index contributed by atoms with van der Waals surface area (Å²) < 4.78 is 5.89. The third kappa shape index (κ3) is 5.08. The van der Waals surface area contributed by atoms with E-state index in [1.54, 1.807) is 0 Å². The van der Waals surface area contributed by atoms with Crippen LogP contribution in [-0.4, -0.2) is 49.8 Å². The van der Waals surface area contributed by atoms with Crippen molar-refractivity contribution in [3.05, 3.63) is 0 Å². The average Bonchev–Trinajstić information content (AvgIpc) is 2.39. The second kappa shape index (κ2) is 8.52. The van der Waals surface area contributed by atoms with Crippen LogP contribution in [0.3, 0.4) is 0 Å². The van der Waals surface area contributed by atoms with Crippen LogP contribution in [0.25, 0.3) is 0 Å². The van der Waals surface area contributed by atoms with E-state index in [0.29, 0.717) is 12.1 Å². The molecule has 1 saturated heterocycles. The highest BCUT2D eigenvalue weighted by Gasteiger charge is 2.26. The number of nitrogens with one attached hydrogen (secondary N) is 1. The molecule has 17 heavy (non-hydrogen) atoms. The van der Waals surface area contributed by atoms with Gasteiger partial charge in [-0.15, -0.1) is 12.3 Å². The first-order chi connectivity index (χ1) is 8.31. The molecule has 0 bridgehead atoms. The molecule has 2 atom stereocenters. The highest BCUT2D eigenvalue weighted by atomic mass is 16.5. The molecule has 0 saturated carbocycles. The maximum absolute atomic E-state index is 5.89. The van der Waals surface area contributed by atoms with Crippen LogP contribution < -0.4 is 5.32 Å². The molecular formula is C14H26N2O. The molecule has 1 rings (SSSR count). The predicted octanol–water partition coefficient (Wildman–Crippen LogP) is 1.49. The van der Waals surface area contributed by atoms with Crippen LogP contribution in [0.1, 0.15) is 33.1 Å². The summed E-state index contributed by atoms with van der Waals surface area (Å²) in [6.07, 6.45) is 8.64. The van der Waals surface area contributed by atoms with Gasteiger partial charge in [-0.3, -0.25) is 4.90 Å². The molecule has 0 aliphatic carbocycles. The van der Waals surface area contributed by atoms with E-state index in [-0.39, 0.29) is 0 Å². The van der Waals surface area contributed by atoms with Gasteiger partial charge in [0.1, 0.15) is 0 Å². The summed E-state index contributed by atoms with van der Waals surface area (Å²) in [6.45, 7) is 9.48. The second-order valence-corrected chi connectivity index (χ2v) is 4.61. The number of ether oxygens (including phenoxy) is 1. The molecule has 1 N–H and O–H groups in total. The summed E-state index contributed by atoms with van der Waals surface area (Å²) in [5.41, 5.74) is 0. The van der Waals surface area contributed by atoms with Gasteiger partial charge in [0.25, 0.3) is 0 Å². The molecule has 0 amide bonds. The van der Waals surface area contributed by atoms with Crippen molar-refractivity contribution in [2.45, 2.75) is 45.3 Å². The van der Waals surface area contributed by atoms with Crippen LogP contribution in [0.2, 0.25) is 0 Å². The maximum Gasteiger partial charge on any atom is 0.0855 e. The van der Waals surface area contributed by atoms with Crippen molar-refractivity contribution >= 4 is 0 Å². The van der Waals surface area contributed by atoms with Gasteiger partial charge >= 0.3 is 0 Å². The largest absolute Gasteiger partial charge is 0.374 e. The van der Waals surface area contributed by atoms with Crippen molar-refractivity contribution in [2.24, 2.45) is 0 Å². The van der Waals surface area contributed by atoms with Gasteiger partial charge in [-0.1, -0.05) is 13.8 Å². The third-order valence-corrected chi connectivity index (χ3v) is 3.33. The van der Waals surface area contributed by atoms with Gasteiger partial charge in [0.15, 0.2) is 0 Å². The first-order valence-electron chi connectivity index (χ1n) is 6.82. The summed E-state index contributed by atoms with van der Waals surface area (Å²) in [7, 11) is 0. The van der Waals surface area contributed by atoms with E-state index in [9.17, 15) is 0 Å². The fraction of sp³-hybridized carbons (Fsp3) is 0.857. The molecule has 0 aromatic heterocycles. The predicted molar refractivity (Wildman–Crippen MR) is 72.0 cm³/mol. The normalized spacial score (nSPS) is 23.2. The molecule has 1 fully saturated rings. The van der Waals surface area contributed by atoms with Crippen LogP contribution in [0, 0.1) is 12.3 Å². The Kier molecular flexibility index (Phi) is 7.27. The Morgan fingerprint density at radius 1 is 1.53 bits per heavy atom. The molecule has 1 aliphatic heterocycles. The molecule has 0 spiro atoms. The number of hydrogen-bond donors (Lipinski definition) is 1. The topological polar surface area (TPSA) is 24.5 Å². The lowest BCUT2D eigenvalue weighted by Gasteiger charge is -2.36. The zero-order valence-electron chi connectivity index (χ0n) is 11.2. The molecule has 1 heterocycles. The molecule has 0 aromatic carbocycles. The highest BCUT2D eigenvalue weighted by Crippen LogP contribution is 2.12. The average molecular weight is 238 g/mol. The molecule has 3 nitrogen and oxygen atoms in total. The van der Waals surface area contributed by atoms with E-state index >= 15 is 0 Å². The number of rotatable bonds is 7. The van der Waals surface area contributed by atoms with Gasteiger partial charge < -0.3 is 10.1 Å². The minimum Gasteiger partial charge on any atom is -0.374 e. The Balaban J connectivity index is 2.45. The van der Waals surface area contributed by atoms with E-state index in [0.717, 1.165) is 52.0 Å². The van der Waals surface area contributed by atoms with Crippen molar-refractivity contribution in [2.75, 3.05) is 32.8 Å². The highest BCUT2D eigenvalue weighted by molar-refractivity contribution is 4.89. The summed E-state index contributed by atoms with van der Waals surface area (Å²) >= 11 is 0. The van der Waals surface area contributed by atoms with Gasteiger partial charge in [0, 0.05) is 25.6 Å². The first-order valence-corrected chi connectivity index (χ1v) is 6.82. The molecule has 2 unspecified atom stereocenters. The Bertz CT molecular complexity index is 237. The molecule has 0 radical (unpaired) electrons. The number of nitrogens with zero attached hydrogens (tertiary/aromatic N) is 1. The summed E-state index contributed by atoms with van der Waals surface area (Å²) in [4.78, 5) is 2.45. The number of hydrogen-bond acceptors (Lipinski definition) is 3. The van der Waals surface area contributed by atoms with Gasteiger partial charge in [-0.05, 0) is 25.9 Å². The zero-order valence-corrected chi connectivity index (χ0v) is 11.2. The molecular weight excluding hydrogens is 212 g/mol. The van der Waals surface area contributed by atoms with Crippen LogP contribution >= 0.6 is 0 Å². The monoisotopic (exact) mass is 238 g/mol. The van der Waals surface area contributed by atoms with Crippen LogP contribution in [0.15, 0.2) is 0 Å². The number of terminal acetylenes is 1. The summed E-state index contributed by atoms with van der Waals surface area (Å²) in [5, 5.41) is 3.57. The minimum atomic E-state index is 0.295. The van der Waals surface area contributed by atoms with Gasteiger partial charge in [0.2, 0.25) is 0 Å². The van der Waals surface area contributed by atoms with Crippen molar-refractivity contribution in [1.29, 1.82) is 0 Å². The van der Waals surface area contributed by atoms with E-state index in [2.05, 4.69) is 30.0 Å². The second-order valence-electron chi connectivity index (χ2n) is 4.61. The van der Waals surface area contributed by atoms with Crippen molar-refractivity contribution < 1.29 is 4.74 Å². The molecule has 1 aliphatic rings. The Labute approximate surface area is 106 Å². The molecule has 3 heteroatoms. The maximum atomic E-state index is 5.89. The van der Waals surface area contributed by atoms with Gasteiger partial charge in [-0.25, -0.2) is 0 Å². The van der Waals surface area contributed by atoms with Crippen molar-refractivity contribution in [1.82, 2.24) is 10.2 Å². The van der Waals surface area contributed by atoms with Gasteiger partial charge in [0.05, 0.1) is 12.7 Å². The number of likely N-dealkylation sites (N-methyl/N-ethyl adjacent to an activating group) is 1. The Morgan fingerprint density at radius 2 is 2.35 bits per heavy atom. The quantitative estimate of drug-likeness (QED) is 0.680. The lowest BCUT2D eigenvalue weighted by molar-refractivity contribution is -0.0458. The Morgan fingerprint density at radius 3 is 3.00 bits per heavy atom. The standard InChI is InChI=1S/C14H26N2O/c1-4-7-8-13(15-9-5-2)14-12-16(6-3)10-11-17-14/h1,13-15H,5-12H2,2-3H3. The van der Waals surface area contributed by atoms with E-state index < -0.39 is 0 Å². The summed E-state index contributed by atoms with van der Waals surface area (Å²) in [5.74, 6) is 2.73. The lowest BCUT2D eigenvalue weighted by Crippen LogP contribution is -2.52. The van der Waals surface area contributed by atoms with Crippen LogP contribution in [-0.2, 0) is 4.74 Å². The smallest absolute Gasteiger partial charge is 0.0855 e. The van der Waals surface area contributed by atoms with Crippen LogP contribution in [0.4, 0.5) is 0 Å². The van der Waals surface area contributed by atoms with Gasteiger partial charge in [-0.2, -0.15) is 0 Å². The Hall–Kier alpha value is -0.560. The third-order valence-electron chi connectivity index (χ3n) is 3.33. The van der Waals surface area contributed by atoms with Crippen molar-refractivity contribution in [3.8, 4) is 12.3 Å². The first kappa shape index (κ1) is 14.5. The van der Waals surface area contributed by atoms with E-state index in [4.69, 9.17) is 11.2 Å². The fourth-order valence-electron chi connectivity index (χ4n) is 2.25. The number of morpholine rings is 1. The zero-order chi connectivity index (χ0) is 12.5. The molecule has 98 valence electrons. The minimum absolute atomic E-state index is 0.295. The fourth-order valence-corrected chi connectivity index (χ4v) is 2.25. The van der Waals surface area contributed by atoms with Crippen LogP contribution in [0.5, 0.6) is 0 Å². The lowest BCUT2D eigenvalue weighted by atomic mass is 10.0. The van der Waals surface area contributed by atoms with Crippen molar-refractivity contribution in [3.63, 3.8) is 0 Å². The van der Waals surface area contributed by atoms with E-state index in [1.807, 2.05) is 0 Å². The van der Waals surface area contributed by atoms with E-state index in [1.165, 1.54) is 0 Å². The SMILES string of the molecule is C#CCCC(NCCC)C1CN(CC)CCO1. The molecule has 0 aromatic rings. The summed E-state index contributed by atoms with van der Waals surface area (Å²) in [6, 6.07) is 0.403.